The number of H-pyrrole nitrogens is 1. The van der Waals surface area contributed by atoms with Crippen LogP contribution in [0, 0.1) is 35.5 Å². The maximum absolute atomic E-state index is 15.3. The van der Waals surface area contributed by atoms with Gasteiger partial charge in [0.1, 0.15) is 40.7 Å². The van der Waals surface area contributed by atoms with E-state index in [1.54, 1.807) is 86.6 Å². The number of aliphatic carboxylic acids is 4. The molecule has 3 aliphatic rings. The molecule has 16 atom stereocenters. The topological polar surface area (TPSA) is 628 Å². The van der Waals surface area contributed by atoms with Gasteiger partial charge in [-0.2, -0.15) is 0 Å². The number of carboxylic acid groups (broad SMARTS) is 4. The summed E-state index contributed by atoms with van der Waals surface area (Å²) in [6, 6.07) is 10.5. The molecule has 1 saturated heterocycles. The molecule has 700 valence electrons. The molecule has 0 radical (unpaired) electrons. The Hall–Kier alpha value is -11.2. The van der Waals surface area contributed by atoms with Crippen LogP contribution in [0.4, 0.5) is 4.79 Å². The maximum Gasteiger partial charge on any atom is 0.326 e. The number of unbranched alkanes of at least 4 members (excludes halogenated alkanes) is 4. The van der Waals surface area contributed by atoms with Crippen molar-refractivity contribution in [1.29, 1.82) is 0 Å². The number of ketones is 4. The van der Waals surface area contributed by atoms with Gasteiger partial charge < -0.3 is 104 Å². The summed E-state index contributed by atoms with van der Waals surface area (Å²) in [6.45, 7) is 1.99. The third-order valence-electron chi connectivity index (χ3n) is 22.5. The number of carboxylic acids is 4. The highest BCUT2D eigenvalue weighted by atomic mass is 33.1. The number of fused-ring (bicyclic) bond motifs is 5. The predicted octanol–water partition coefficient (Wildman–Crippen LogP) is 1.22. The van der Waals surface area contributed by atoms with Crippen LogP contribution in [0.5, 0.6) is 5.75 Å². The van der Waals surface area contributed by atoms with Crippen molar-refractivity contribution in [2.75, 3.05) is 56.7 Å². The fourth-order valence-electron chi connectivity index (χ4n) is 15.1. The second-order valence-corrected chi connectivity index (χ2v) is 36.4. The summed E-state index contributed by atoms with van der Waals surface area (Å²) in [5.41, 5.74) is 7.42. The Morgan fingerprint density at radius 3 is 1.93 bits per heavy atom. The minimum absolute atomic E-state index is 0.00847. The van der Waals surface area contributed by atoms with Crippen molar-refractivity contribution in [2.45, 2.75) is 215 Å². The van der Waals surface area contributed by atoms with Crippen LogP contribution in [-0.2, 0) is 112 Å². The Kier molecular flexibility index (Phi) is 42.4. The van der Waals surface area contributed by atoms with Gasteiger partial charge in [-0.1, -0.05) is 129 Å². The number of nitrogens with one attached hydrogen (secondary N) is 10. The monoisotopic (exact) mass is 1840 g/mol. The first-order valence-electron chi connectivity index (χ1n) is 42.6. The summed E-state index contributed by atoms with van der Waals surface area (Å²) >= 11 is 0. The number of nitrogens with zero attached hydrogens (tertiary/aromatic N) is 1. The molecule has 11 amide bonds. The number of ether oxygens (including phenoxy) is 1. The number of hydrogen-bond donors (Lipinski definition) is 18. The van der Waals surface area contributed by atoms with Gasteiger partial charge in [0.05, 0.1) is 90.5 Å². The number of carbonyl (C=O) groups excluding carboxylic acids is 14. The number of amides is 11. The van der Waals surface area contributed by atoms with Crippen molar-refractivity contribution in [2.24, 2.45) is 41.2 Å². The van der Waals surface area contributed by atoms with E-state index in [1.807, 2.05) is 5.32 Å². The quantitative estimate of drug-likeness (QED) is 0.0218. The van der Waals surface area contributed by atoms with Crippen LogP contribution < -0.4 is 58.3 Å². The lowest BCUT2D eigenvalue weighted by Gasteiger charge is -2.32. The molecule has 4 aromatic rings. The zero-order chi connectivity index (χ0) is 93.8. The SMILES string of the molecule is CC[C@H](C)[C@@H]1NC(=O)CNC(=O)C2CC(=O)[C@H]([C@@H](C)[C@@H](O)CO)NC(=O)[C@@H]3CC(O)CN3C(=O)[C@H](CC(N)=O)CC(=O)C(CS(=O)c3[nH]c4cc(OCCCSSCC(CC(=O)[C@H](Cc5ccccc5)NC(=O)[C@@H](CC(=O)CCCCCCCNC(=O)CCC(NC(=O)NC(CCC(=O)O)C(=O)O)C(=O)O)Cc5ccccc5)C(=O)O)ccc4c3C2)NC(=O)CNC1=O. The van der Waals surface area contributed by atoms with Gasteiger partial charge in [0.2, 0.25) is 53.2 Å². The molecular weight excluding hydrogens is 1730 g/mol. The fraction of sp³-hybridized carbons (Fsp3) is 0.558. The molecule has 0 aliphatic carbocycles. The first-order chi connectivity index (χ1) is 60.9. The Morgan fingerprint density at radius 2 is 1.30 bits per heavy atom. The minimum atomic E-state index is -2.44. The minimum Gasteiger partial charge on any atom is -0.493 e. The lowest BCUT2D eigenvalue weighted by Crippen LogP contribution is -2.56. The summed E-state index contributed by atoms with van der Waals surface area (Å²) < 4.78 is 21.5. The number of Topliss-reactive ketones (excluding diaryl/α,β-unsaturated/α-hetero) is 4. The largest absolute Gasteiger partial charge is 0.493 e. The number of carbonyl (C=O) groups is 18. The highest BCUT2D eigenvalue weighted by molar-refractivity contribution is 8.76. The summed E-state index contributed by atoms with van der Waals surface area (Å²) in [5, 5.41) is 92.9. The third-order valence-corrected chi connectivity index (χ3v) is 26.5. The highest BCUT2D eigenvalue weighted by Gasteiger charge is 2.46. The third kappa shape index (κ3) is 33.5. The van der Waals surface area contributed by atoms with Crippen molar-refractivity contribution in [1.82, 2.24) is 57.7 Å². The second-order valence-electron chi connectivity index (χ2n) is 32.4. The van der Waals surface area contributed by atoms with Crippen molar-refractivity contribution in [3.05, 3.63) is 95.6 Å². The molecule has 2 bridgehead atoms. The van der Waals surface area contributed by atoms with Gasteiger partial charge in [0.15, 0.2) is 17.3 Å². The van der Waals surface area contributed by atoms with Crippen molar-refractivity contribution >= 4 is 149 Å². The smallest absolute Gasteiger partial charge is 0.326 e. The van der Waals surface area contributed by atoms with Crippen LogP contribution in [0.2, 0.25) is 0 Å². The number of urea groups is 1. The number of rotatable bonds is 45. The van der Waals surface area contributed by atoms with E-state index in [-0.39, 0.29) is 85.1 Å². The van der Waals surface area contributed by atoms with Crippen LogP contribution >= 0.6 is 21.6 Å². The summed E-state index contributed by atoms with van der Waals surface area (Å²) in [7, 11) is 0.0554. The molecular formula is C86H116N12O27S3. The molecule has 42 heteroatoms. The van der Waals surface area contributed by atoms with Crippen LogP contribution in [-0.4, -0.2) is 267 Å². The summed E-state index contributed by atoms with van der Waals surface area (Å²) in [4.78, 5) is 247. The lowest BCUT2D eigenvalue weighted by molar-refractivity contribution is -0.145. The number of hydrogen-bond acceptors (Lipinski definition) is 25. The van der Waals surface area contributed by atoms with Gasteiger partial charge in [0, 0.05) is 112 Å². The number of aliphatic hydroxyl groups is 3. The number of aromatic amines is 1. The van der Waals surface area contributed by atoms with E-state index in [0.29, 0.717) is 61.6 Å². The Balaban J connectivity index is 1.01. The molecule has 0 spiro atoms. The van der Waals surface area contributed by atoms with E-state index in [4.69, 9.17) is 15.6 Å². The van der Waals surface area contributed by atoms with E-state index < -0.39 is 285 Å². The van der Waals surface area contributed by atoms with Gasteiger partial charge in [-0.25, -0.2) is 14.4 Å². The van der Waals surface area contributed by atoms with Crippen LogP contribution in [0.15, 0.2) is 83.9 Å². The Bertz CT molecular complexity index is 4620. The Morgan fingerprint density at radius 1 is 0.664 bits per heavy atom. The number of benzene rings is 3. The predicted molar refractivity (Wildman–Crippen MR) is 465 cm³/mol. The molecule has 7 unspecified atom stereocenters. The summed E-state index contributed by atoms with van der Waals surface area (Å²) in [6.07, 6.45) is -4.78. The van der Waals surface area contributed by atoms with Crippen LogP contribution in [0.3, 0.4) is 0 Å². The second kappa shape index (κ2) is 52.3. The molecule has 3 aliphatic heterocycles. The van der Waals surface area contributed by atoms with E-state index in [9.17, 15) is 112 Å². The number of aliphatic hydroxyl groups excluding tert-OH is 3. The van der Waals surface area contributed by atoms with Crippen molar-refractivity contribution in [3.63, 3.8) is 0 Å². The standard InChI is InChI=1S/C86H116N12O27S3/c1-4-47(2)75-80(115)90-41-72(108)91-64-46-128(124)81-59(34-52(77(112)89-42-73(109)96-75)35-68(104)76(48(3)69(105)44-99)97-79(114)65-39-56(101)43-98(65)82(116)53(36-67(64)103)38-70(87)106)58-23-22-57(40-62(58)93-81)125-29-16-30-126-127-45-54(83(117)118)37-66(102)63(32-50-19-12-9-13-20-50)92-78(113)51(31-49-17-10-8-11-18-49)33-55(100)21-14-6-5-7-15-28-88-71(107)26-24-60(84(119)120)94-86(123)95-61(85(121)122)25-27-74(110)111/h8-13,17-20,22-23,40,47-48,51-54,56,60-61,63-65,69,75-76,93,99,101,105H,4-7,14-16,21,24-39,41-46H2,1-3H3,(H2,87,106)(H,88,107)(H,89,112)(H,90,115)(H,91,108)(H,92,113)(H,96,109)(H,97,114)(H,110,111)(H,117,118)(H,119,120)(H,121,122)(H2,94,95,123)/t47-,48-,51+,52?,53-,54?,56?,60?,61?,63-,64?,65-,69-,75-,76-,128?/m0/s1. The molecule has 0 saturated carbocycles. The highest BCUT2D eigenvalue weighted by Crippen LogP contribution is 2.35. The summed E-state index contributed by atoms with van der Waals surface area (Å²) in [5.74, 6) is -23.5. The lowest BCUT2D eigenvalue weighted by atomic mass is 9.85. The van der Waals surface area contributed by atoms with Gasteiger partial charge in [-0.3, -0.25) is 76.1 Å². The zero-order valence-corrected chi connectivity index (χ0v) is 73.9. The molecule has 128 heavy (non-hydrogen) atoms. The number of primary amides is 1. The average Bonchev–Trinajstić information content (AvgIpc) is 1.62. The van der Waals surface area contributed by atoms with Gasteiger partial charge in [-0.05, 0) is 86.1 Å². The molecule has 1 fully saturated rings. The molecule has 4 heterocycles. The Labute approximate surface area is 748 Å². The van der Waals surface area contributed by atoms with E-state index in [2.05, 4.69) is 47.5 Å². The molecule has 39 nitrogen and oxygen atoms in total. The fourth-order valence-corrected chi connectivity index (χ4v) is 18.9. The van der Waals surface area contributed by atoms with Gasteiger partial charge in [-0.15, -0.1) is 0 Å². The zero-order valence-electron chi connectivity index (χ0n) is 71.4. The van der Waals surface area contributed by atoms with Crippen LogP contribution in [0.1, 0.15) is 153 Å². The number of aromatic nitrogens is 1. The first kappa shape index (κ1) is 104. The van der Waals surface area contributed by atoms with Crippen LogP contribution in [0.25, 0.3) is 10.9 Å². The average molecular weight is 1850 g/mol. The molecule has 1 aromatic heterocycles. The molecule has 3 aromatic carbocycles. The van der Waals surface area contributed by atoms with E-state index in [0.717, 1.165) is 10.5 Å². The van der Waals surface area contributed by atoms with E-state index in [1.165, 1.54) is 34.6 Å². The maximum atomic E-state index is 15.3. The number of nitrogens with two attached hydrogens (primary N) is 1. The molecule has 7 rings (SSSR count). The van der Waals surface area contributed by atoms with Crippen molar-refractivity contribution < 1.29 is 131 Å². The van der Waals surface area contributed by atoms with E-state index >= 15 is 9.00 Å². The first-order valence-corrected chi connectivity index (χ1v) is 46.4. The van der Waals surface area contributed by atoms with Gasteiger partial charge >= 0.3 is 29.9 Å². The normalized spacial score (nSPS) is 21.1. The van der Waals surface area contributed by atoms with Crippen molar-refractivity contribution in [3.8, 4) is 5.75 Å². The van der Waals surface area contributed by atoms with Gasteiger partial charge in [0.25, 0.3) is 0 Å². The molecule has 19 N–H and O–H groups in total.